The van der Waals surface area contributed by atoms with E-state index in [-0.39, 0.29) is 31.1 Å². The molecule has 0 aromatic carbocycles. The molecule has 0 aromatic rings. The predicted molar refractivity (Wildman–Crippen MR) is 325 cm³/mol. The van der Waals surface area contributed by atoms with E-state index in [4.69, 9.17) is 14.2 Å². The Morgan fingerprint density at radius 3 is 0.867 bits per heavy atom. The van der Waals surface area contributed by atoms with Crippen LogP contribution in [-0.2, 0) is 28.6 Å². The van der Waals surface area contributed by atoms with Crippen LogP contribution >= 0.6 is 0 Å². The molecule has 0 rings (SSSR count). The fraction of sp³-hybridized carbons (Fsp3) is 0.783. The van der Waals surface area contributed by atoms with Gasteiger partial charge in [-0.3, -0.25) is 14.4 Å². The summed E-state index contributed by atoms with van der Waals surface area (Å²) in [6, 6.07) is 0. The van der Waals surface area contributed by atoms with E-state index in [0.29, 0.717) is 19.3 Å². The summed E-state index contributed by atoms with van der Waals surface area (Å²) in [4.78, 5) is 38.2. The number of esters is 3. The molecule has 0 aliphatic rings. The van der Waals surface area contributed by atoms with Crippen molar-refractivity contribution in [2.45, 2.75) is 335 Å². The molecule has 0 amide bonds. The first-order chi connectivity index (χ1) is 37.0. The first-order valence-electron chi connectivity index (χ1n) is 32.4. The van der Waals surface area contributed by atoms with Crippen molar-refractivity contribution in [1.82, 2.24) is 0 Å². The Morgan fingerprint density at radius 2 is 0.520 bits per heavy atom. The molecule has 0 N–H and O–H groups in total. The second kappa shape index (κ2) is 63.4. The van der Waals surface area contributed by atoms with Crippen molar-refractivity contribution in [1.29, 1.82) is 0 Å². The maximum Gasteiger partial charge on any atom is 0.306 e. The lowest BCUT2D eigenvalue weighted by Gasteiger charge is -2.18. The Balaban J connectivity index is 4.20. The summed E-state index contributed by atoms with van der Waals surface area (Å²) in [7, 11) is 0. The van der Waals surface area contributed by atoms with Crippen LogP contribution < -0.4 is 0 Å². The normalized spacial score (nSPS) is 12.5. The van der Waals surface area contributed by atoms with Crippen molar-refractivity contribution < 1.29 is 28.6 Å². The molecule has 0 aromatic heterocycles. The molecule has 0 radical (unpaired) electrons. The number of allylic oxidation sites excluding steroid dienone is 12. The smallest absolute Gasteiger partial charge is 0.306 e. The van der Waals surface area contributed by atoms with E-state index in [1.807, 2.05) is 0 Å². The Labute approximate surface area is 465 Å². The molecule has 6 nitrogen and oxygen atoms in total. The van der Waals surface area contributed by atoms with Crippen molar-refractivity contribution in [2.75, 3.05) is 13.2 Å². The molecule has 75 heavy (non-hydrogen) atoms. The van der Waals surface area contributed by atoms with Crippen LogP contribution in [0, 0.1) is 0 Å². The zero-order valence-corrected chi connectivity index (χ0v) is 49.8. The monoisotopic (exact) mass is 1050 g/mol. The lowest BCUT2D eigenvalue weighted by Crippen LogP contribution is -2.30. The van der Waals surface area contributed by atoms with Gasteiger partial charge in [0.25, 0.3) is 0 Å². The third-order valence-corrected chi connectivity index (χ3v) is 14.2. The van der Waals surface area contributed by atoms with Gasteiger partial charge in [0.15, 0.2) is 6.10 Å². The minimum absolute atomic E-state index is 0.0886. The maximum atomic E-state index is 12.9. The first-order valence-corrected chi connectivity index (χ1v) is 32.4. The van der Waals surface area contributed by atoms with Gasteiger partial charge in [-0.05, 0) is 109 Å². The maximum absolute atomic E-state index is 12.9. The fourth-order valence-corrected chi connectivity index (χ4v) is 9.31. The largest absolute Gasteiger partial charge is 0.462 e. The van der Waals surface area contributed by atoms with Gasteiger partial charge in [0, 0.05) is 19.3 Å². The molecule has 0 heterocycles. The second-order valence-corrected chi connectivity index (χ2v) is 21.6. The Kier molecular flexibility index (Phi) is 60.7. The SMILES string of the molecule is CC/C=C\C/C=C\C/C=C\CCCCCC(=O)OCC(COC(=O)CCCCCCCCCCCCCCCCCCC/C=C\CCCCCCCCCC)OC(=O)CCCCCCC/C=C\C/C=C\CCCCC. The summed E-state index contributed by atoms with van der Waals surface area (Å²) in [6.07, 6.45) is 82.2. The highest BCUT2D eigenvalue weighted by atomic mass is 16.6. The molecule has 0 aliphatic carbocycles. The van der Waals surface area contributed by atoms with Gasteiger partial charge in [-0.2, -0.15) is 0 Å². The highest BCUT2D eigenvalue weighted by Gasteiger charge is 2.19. The van der Waals surface area contributed by atoms with Gasteiger partial charge >= 0.3 is 17.9 Å². The van der Waals surface area contributed by atoms with E-state index in [2.05, 4.69) is 93.7 Å². The van der Waals surface area contributed by atoms with Crippen LogP contribution in [-0.4, -0.2) is 37.2 Å². The van der Waals surface area contributed by atoms with Crippen LogP contribution in [0.1, 0.15) is 329 Å². The van der Waals surface area contributed by atoms with Crippen molar-refractivity contribution in [3.63, 3.8) is 0 Å². The van der Waals surface area contributed by atoms with Crippen molar-refractivity contribution in [3.8, 4) is 0 Å². The van der Waals surface area contributed by atoms with Crippen molar-refractivity contribution >= 4 is 17.9 Å². The molecule has 434 valence electrons. The molecular formula is C69H122O6. The summed E-state index contributed by atoms with van der Waals surface area (Å²) in [5, 5.41) is 0. The van der Waals surface area contributed by atoms with Gasteiger partial charge in [0.2, 0.25) is 0 Å². The number of rotatable bonds is 59. The number of carbonyl (C=O) groups is 3. The molecule has 1 unspecified atom stereocenters. The standard InChI is InChI=1S/C69H122O6/c1-4-7-10-13-16-19-22-25-27-28-29-30-31-32-33-34-35-36-37-38-39-40-42-44-47-50-53-56-59-62-68(71)74-65-66(64-73-67(70)61-58-55-52-49-46-43-24-21-18-15-12-9-6-3)75-69(72)63-60-57-54-51-48-45-41-26-23-20-17-14-11-8-5-2/h9,12,17-18,20-21,26,28-29,41,43,46,66H,4-8,10-11,13-16,19,22-25,27,30-40,42,44-45,47-65H2,1-3H3/b12-9-,20-17-,21-18-,29-28-,41-26-,46-43-. The quantitative estimate of drug-likeness (QED) is 0.0261. The van der Waals surface area contributed by atoms with Crippen LogP contribution in [0.5, 0.6) is 0 Å². The Morgan fingerprint density at radius 1 is 0.280 bits per heavy atom. The van der Waals surface area contributed by atoms with E-state index in [9.17, 15) is 14.4 Å². The minimum atomic E-state index is -0.794. The van der Waals surface area contributed by atoms with Gasteiger partial charge in [-0.15, -0.1) is 0 Å². The van der Waals surface area contributed by atoms with Crippen LogP contribution in [0.25, 0.3) is 0 Å². The predicted octanol–water partition coefficient (Wildman–Crippen LogP) is 22.1. The van der Waals surface area contributed by atoms with E-state index < -0.39 is 6.10 Å². The number of unbranched alkanes of at least 4 members (excludes halogenated alkanes) is 36. The van der Waals surface area contributed by atoms with Crippen LogP contribution in [0.2, 0.25) is 0 Å². The van der Waals surface area contributed by atoms with Gasteiger partial charge in [0.1, 0.15) is 13.2 Å². The Hall–Kier alpha value is -3.15. The zero-order valence-electron chi connectivity index (χ0n) is 49.8. The summed E-state index contributed by atoms with van der Waals surface area (Å²) in [5.74, 6) is -0.921. The molecule has 0 saturated carbocycles. The molecular weight excluding hydrogens is 925 g/mol. The molecule has 0 bridgehead atoms. The molecule has 6 heteroatoms. The fourth-order valence-electron chi connectivity index (χ4n) is 9.31. The lowest BCUT2D eigenvalue weighted by molar-refractivity contribution is -0.167. The topological polar surface area (TPSA) is 78.9 Å². The number of carbonyl (C=O) groups excluding carboxylic acids is 3. The first kappa shape index (κ1) is 71.8. The van der Waals surface area contributed by atoms with E-state index in [1.165, 1.54) is 180 Å². The number of ether oxygens (including phenoxy) is 3. The van der Waals surface area contributed by atoms with Gasteiger partial charge in [-0.1, -0.05) is 273 Å². The van der Waals surface area contributed by atoms with E-state index in [1.54, 1.807) is 0 Å². The number of hydrogen-bond acceptors (Lipinski definition) is 6. The average molecular weight is 1050 g/mol. The van der Waals surface area contributed by atoms with Gasteiger partial charge in [0.05, 0.1) is 0 Å². The second-order valence-electron chi connectivity index (χ2n) is 21.6. The van der Waals surface area contributed by atoms with Crippen molar-refractivity contribution in [3.05, 3.63) is 72.9 Å². The molecule has 0 spiro atoms. The molecule has 0 fully saturated rings. The molecule has 0 saturated heterocycles. The third-order valence-electron chi connectivity index (χ3n) is 14.2. The highest BCUT2D eigenvalue weighted by molar-refractivity contribution is 5.71. The molecule has 1 atom stereocenters. The van der Waals surface area contributed by atoms with Crippen LogP contribution in [0.4, 0.5) is 0 Å². The summed E-state index contributed by atoms with van der Waals surface area (Å²) >= 11 is 0. The van der Waals surface area contributed by atoms with Crippen LogP contribution in [0.3, 0.4) is 0 Å². The molecule has 0 aliphatic heterocycles. The third kappa shape index (κ3) is 61.6. The summed E-state index contributed by atoms with van der Waals surface area (Å²) < 4.78 is 16.9. The summed E-state index contributed by atoms with van der Waals surface area (Å²) in [5.41, 5.74) is 0. The zero-order chi connectivity index (χ0) is 54.3. The van der Waals surface area contributed by atoms with Crippen molar-refractivity contribution in [2.24, 2.45) is 0 Å². The lowest BCUT2D eigenvalue weighted by atomic mass is 10.0. The van der Waals surface area contributed by atoms with Gasteiger partial charge < -0.3 is 14.2 Å². The van der Waals surface area contributed by atoms with Gasteiger partial charge in [-0.25, -0.2) is 0 Å². The minimum Gasteiger partial charge on any atom is -0.462 e. The summed E-state index contributed by atoms with van der Waals surface area (Å²) in [6.45, 7) is 6.49. The highest BCUT2D eigenvalue weighted by Crippen LogP contribution is 2.17. The van der Waals surface area contributed by atoms with E-state index in [0.717, 1.165) is 109 Å². The van der Waals surface area contributed by atoms with E-state index >= 15 is 0 Å². The Bertz CT molecular complexity index is 1390. The van der Waals surface area contributed by atoms with Crippen LogP contribution in [0.15, 0.2) is 72.9 Å². The number of hydrogen-bond donors (Lipinski definition) is 0. The average Bonchev–Trinajstić information content (AvgIpc) is 3.41.